The molecule has 0 aromatic heterocycles. The summed E-state index contributed by atoms with van der Waals surface area (Å²) in [6, 6.07) is 12.4. The van der Waals surface area contributed by atoms with Crippen LogP contribution in [-0.2, 0) is 11.3 Å². The Kier molecular flexibility index (Phi) is 6.94. The summed E-state index contributed by atoms with van der Waals surface area (Å²) in [7, 11) is 0. The second-order valence-corrected chi connectivity index (χ2v) is 6.66. The summed E-state index contributed by atoms with van der Waals surface area (Å²) >= 11 is 3.39. The molecule has 0 atom stereocenters. The van der Waals surface area contributed by atoms with Gasteiger partial charge in [-0.15, -0.1) is 0 Å². The highest BCUT2D eigenvalue weighted by Gasteiger charge is 2.13. The zero-order valence-electron chi connectivity index (χ0n) is 14.0. The number of aryl methyl sites for hydroxylation is 1. The molecule has 3 nitrogen and oxygen atoms in total. The van der Waals surface area contributed by atoms with Gasteiger partial charge in [0.05, 0.1) is 6.54 Å². The highest BCUT2D eigenvalue weighted by atomic mass is 79.9. The molecular formula is C19H22BrFN2O. The average molecular weight is 393 g/mol. The molecule has 1 amide bonds. The first kappa shape index (κ1) is 18.6. The lowest BCUT2D eigenvalue weighted by atomic mass is 10.2. The van der Waals surface area contributed by atoms with Gasteiger partial charge >= 0.3 is 0 Å². The van der Waals surface area contributed by atoms with E-state index in [0.29, 0.717) is 13.1 Å². The van der Waals surface area contributed by atoms with Crippen LogP contribution in [0.1, 0.15) is 24.5 Å². The van der Waals surface area contributed by atoms with E-state index in [1.807, 2.05) is 31.2 Å². The van der Waals surface area contributed by atoms with Gasteiger partial charge in [-0.05, 0) is 49.2 Å². The van der Waals surface area contributed by atoms with Gasteiger partial charge in [0.25, 0.3) is 0 Å². The number of benzene rings is 2. The molecule has 0 fully saturated rings. The fraction of sp³-hybridized carbons (Fsp3) is 0.316. The first-order chi connectivity index (χ1) is 11.5. The Hall–Kier alpha value is -1.72. The van der Waals surface area contributed by atoms with Crippen LogP contribution in [0.15, 0.2) is 46.9 Å². The standard InChI is InChI=1S/C19H22BrFN2O/c1-3-10-23(12-15-8-9-16(21)11-17(15)20)13-19(24)22-18-7-5-4-6-14(18)2/h4-9,11H,3,10,12-13H2,1-2H3,(H,22,24). The third-order valence-corrected chi connectivity index (χ3v) is 4.47. The summed E-state index contributed by atoms with van der Waals surface area (Å²) < 4.78 is 13.9. The lowest BCUT2D eigenvalue weighted by Crippen LogP contribution is -2.33. The van der Waals surface area contributed by atoms with Crippen molar-refractivity contribution in [3.63, 3.8) is 0 Å². The minimum Gasteiger partial charge on any atom is -0.325 e. The van der Waals surface area contributed by atoms with Crippen molar-refractivity contribution in [2.24, 2.45) is 0 Å². The van der Waals surface area contributed by atoms with E-state index in [1.165, 1.54) is 12.1 Å². The van der Waals surface area contributed by atoms with Crippen LogP contribution in [0.3, 0.4) is 0 Å². The molecular weight excluding hydrogens is 371 g/mol. The zero-order chi connectivity index (χ0) is 17.5. The Bertz CT molecular complexity index is 706. The maximum atomic E-state index is 13.2. The summed E-state index contributed by atoms with van der Waals surface area (Å²) in [6.07, 6.45) is 0.941. The van der Waals surface area contributed by atoms with Crippen LogP contribution in [-0.4, -0.2) is 23.9 Å². The van der Waals surface area contributed by atoms with Crippen LogP contribution in [0.25, 0.3) is 0 Å². The number of amides is 1. The molecule has 0 radical (unpaired) electrons. The van der Waals surface area contributed by atoms with Crippen molar-refractivity contribution in [1.82, 2.24) is 4.90 Å². The van der Waals surface area contributed by atoms with Crippen molar-refractivity contribution >= 4 is 27.5 Å². The maximum absolute atomic E-state index is 13.2. The van der Waals surface area contributed by atoms with Gasteiger partial charge in [0.1, 0.15) is 5.82 Å². The molecule has 2 aromatic rings. The molecule has 0 bridgehead atoms. The number of hydrogen-bond donors (Lipinski definition) is 1. The molecule has 0 saturated heterocycles. The van der Waals surface area contributed by atoms with Gasteiger partial charge in [-0.2, -0.15) is 0 Å². The minimum atomic E-state index is -0.273. The largest absolute Gasteiger partial charge is 0.325 e. The predicted octanol–water partition coefficient (Wildman–Crippen LogP) is 4.75. The van der Waals surface area contributed by atoms with Gasteiger partial charge in [-0.25, -0.2) is 4.39 Å². The summed E-state index contributed by atoms with van der Waals surface area (Å²) in [6.45, 7) is 5.73. The Morgan fingerprint density at radius 1 is 1.25 bits per heavy atom. The van der Waals surface area contributed by atoms with E-state index >= 15 is 0 Å². The van der Waals surface area contributed by atoms with Crippen molar-refractivity contribution in [2.45, 2.75) is 26.8 Å². The lowest BCUT2D eigenvalue weighted by molar-refractivity contribution is -0.117. The molecule has 0 spiro atoms. The van der Waals surface area contributed by atoms with Gasteiger partial charge in [0.2, 0.25) is 5.91 Å². The summed E-state index contributed by atoms with van der Waals surface area (Å²) in [4.78, 5) is 14.4. The number of carbonyl (C=O) groups excluding carboxylic acids is 1. The number of carbonyl (C=O) groups is 1. The van der Waals surface area contributed by atoms with Crippen LogP contribution < -0.4 is 5.32 Å². The summed E-state index contributed by atoms with van der Waals surface area (Å²) in [5, 5.41) is 2.96. The van der Waals surface area contributed by atoms with Crippen molar-refractivity contribution < 1.29 is 9.18 Å². The number of halogens is 2. The highest BCUT2D eigenvalue weighted by molar-refractivity contribution is 9.10. The molecule has 2 aromatic carbocycles. The van der Waals surface area contributed by atoms with Crippen molar-refractivity contribution in [3.8, 4) is 0 Å². The molecule has 5 heteroatoms. The molecule has 1 N–H and O–H groups in total. The van der Waals surface area contributed by atoms with Crippen LogP contribution in [0, 0.1) is 12.7 Å². The van der Waals surface area contributed by atoms with Gasteiger partial charge in [0, 0.05) is 16.7 Å². The first-order valence-corrected chi connectivity index (χ1v) is 8.80. The number of para-hydroxylation sites is 1. The van der Waals surface area contributed by atoms with E-state index in [4.69, 9.17) is 0 Å². The van der Waals surface area contributed by atoms with E-state index < -0.39 is 0 Å². The van der Waals surface area contributed by atoms with Crippen LogP contribution in [0.4, 0.5) is 10.1 Å². The molecule has 2 rings (SSSR count). The van der Waals surface area contributed by atoms with E-state index in [0.717, 1.165) is 34.3 Å². The second-order valence-electron chi connectivity index (χ2n) is 5.81. The van der Waals surface area contributed by atoms with E-state index in [1.54, 1.807) is 6.07 Å². The molecule has 0 unspecified atom stereocenters. The predicted molar refractivity (Wildman–Crippen MR) is 99.5 cm³/mol. The van der Waals surface area contributed by atoms with Crippen molar-refractivity contribution in [3.05, 3.63) is 63.9 Å². The third kappa shape index (κ3) is 5.42. The molecule has 0 aliphatic rings. The zero-order valence-corrected chi connectivity index (χ0v) is 15.6. The van der Waals surface area contributed by atoms with Gasteiger partial charge in [-0.1, -0.05) is 47.1 Å². The summed E-state index contributed by atoms with van der Waals surface area (Å²) in [5.41, 5.74) is 2.84. The average Bonchev–Trinajstić information content (AvgIpc) is 2.52. The molecule has 0 aliphatic carbocycles. The Labute approximate surface area is 151 Å². The van der Waals surface area contributed by atoms with Crippen molar-refractivity contribution in [1.29, 1.82) is 0 Å². The van der Waals surface area contributed by atoms with E-state index in [-0.39, 0.29) is 11.7 Å². The van der Waals surface area contributed by atoms with Gasteiger partial charge < -0.3 is 5.32 Å². The fourth-order valence-corrected chi connectivity index (χ4v) is 3.00. The smallest absolute Gasteiger partial charge is 0.238 e. The molecule has 24 heavy (non-hydrogen) atoms. The number of rotatable bonds is 7. The van der Waals surface area contributed by atoms with Gasteiger partial charge in [-0.3, -0.25) is 9.69 Å². The monoisotopic (exact) mass is 392 g/mol. The normalized spacial score (nSPS) is 10.9. The molecule has 0 aliphatic heterocycles. The molecule has 128 valence electrons. The maximum Gasteiger partial charge on any atom is 0.238 e. The number of anilines is 1. The number of hydrogen-bond acceptors (Lipinski definition) is 2. The summed E-state index contributed by atoms with van der Waals surface area (Å²) in [5.74, 6) is -0.319. The topological polar surface area (TPSA) is 32.3 Å². The third-order valence-electron chi connectivity index (χ3n) is 3.74. The van der Waals surface area contributed by atoms with Crippen LogP contribution in [0.2, 0.25) is 0 Å². The number of nitrogens with zero attached hydrogens (tertiary/aromatic N) is 1. The highest BCUT2D eigenvalue weighted by Crippen LogP contribution is 2.20. The van der Waals surface area contributed by atoms with Crippen LogP contribution >= 0.6 is 15.9 Å². The molecule has 0 saturated carbocycles. The quantitative estimate of drug-likeness (QED) is 0.737. The minimum absolute atomic E-state index is 0.0454. The first-order valence-electron chi connectivity index (χ1n) is 8.01. The van der Waals surface area contributed by atoms with Crippen LogP contribution in [0.5, 0.6) is 0 Å². The van der Waals surface area contributed by atoms with Crippen molar-refractivity contribution in [2.75, 3.05) is 18.4 Å². The van der Waals surface area contributed by atoms with E-state index in [2.05, 4.69) is 33.1 Å². The SMILES string of the molecule is CCCN(CC(=O)Nc1ccccc1C)Cc1ccc(F)cc1Br. The lowest BCUT2D eigenvalue weighted by Gasteiger charge is -2.22. The Morgan fingerprint density at radius 3 is 2.67 bits per heavy atom. The Balaban J connectivity index is 2.02. The number of nitrogens with one attached hydrogen (secondary N) is 1. The fourth-order valence-electron chi connectivity index (χ4n) is 2.53. The molecule has 0 heterocycles. The van der Waals surface area contributed by atoms with Gasteiger partial charge in [0.15, 0.2) is 0 Å². The Morgan fingerprint density at radius 2 is 2.00 bits per heavy atom. The van der Waals surface area contributed by atoms with E-state index in [9.17, 15) is 9.18 Å². The second kappa shape index (κ2) is 8.94.